The molecule has 6 heteroatoms. The Hall–Kier alpha value is -3.80. The van der Waals surface area contributed by atoms with Crippen molar-refractivity contribution in [3.8, 4) is 5.69 Å². The summed E-state index contributed by atoms with van der Waals surface area (Å²) < 4.78 is 1.90. The zero-order chi connectivity index (χ0) is 24.9. The topological polar surface area (TPSA) is 46.8 Å². The van der Waals surface area contributed by atoms with E-state index in [2.05, 4.69) is 113 Å². The Morgan fingerprint density at radius 3 is 1.83 bits per heavy atom. The molecule has 4 aromatic carbocycles. The van der Waals surface area contributed by atoms with Crippen molar-refractivity contribution in [2.75, 3.05) is 0 Å². The first-order valence-electron chi connectivity index (χ1n) is 12.0. The monoisotopic (exact) mass is 493 g/mol. The van der Waals surface area contributed by atoms with Crippen molar-refractivity contribution in [3.05, 3.63) is 142 Å². The van der Waals surface area contributed by atoms with Gasteiger partial charge in [0.15, 0.2) is 5.82 Å². The molecular formula is C30H28ClN5. The van der Waals surface area contributed by atoms with Crippen molar-refractivity contribution in [2.45, 2.75) is 33.0 Å². The SMILES string of the molecule is Cc1cccc(C)c1-n1nnnc1C(c1ccc(Cl)cc1)N(Cc1ccccc1)Cc1ccccc1. The minimum absolute atomic E-state index is 0.211. The molecule has 5 aromatic rings. The summed E-state index contributed by atoms with van der Waals surface area (Å²) in [6.45, 7) is 5.64. The Balaban J connectivity index is 1.67. The summed E-state index contributed by atoms with van der Waals surface area (Å²) >= 11 is 6.29. The molecule has 0 spiro atoms. The Morgan fingerprint density at radius 1 is 0.722 bits per heavy atom. The molecule has 5 nitrogen and oxygen atoms in total. The van der Waals surface area contributed by atoms with Crippen LogP contribution in [0.1, 0.15) is 39.7 Å². The lowest BCUT2D eigenvalue weighted by Crippen LogP contribution is -2.31. The summed E-state index contributed by atoms with van der Waals surface area (Å²) in [6.07, 6.45) is 0. The van der Waals surface area contributed by atoms with Crippen LogP contribution in [0, 0.1) is 13.8 Å². The fraction of sp³-hybridized carbons (Fsp3) is 0.167. The summed E-state index contributed by atoms with van der Waals surface area (Å²) in [6, 6.07) is 35.1. The second kappa shape index (κ2) is 10.9. The maximum atomic E-state index is 6.29. The van der Waals surface area contributed by atoms with Gasteiger partial charge in [-0.3, -0.25) is 4.90 Å². The van der Waals surface area contributed by atoms with Crippen LogP contribution in [0.5, 0.6) is 0 Å². The molecular weight excluding hydrogens is 466 g/mol. The minimum atomic E-state index is -0.211. The number of tetrazole rings is 1. The van der Waals surface area contributed by atoms with Gasteiger partial charge in [0, 0.05) is 18.1 Å². The molecule has 0 aliphatic carbocycles. The largest absolute Gasteiger partial charge is 0.281 e. The van der Waals surface area contributed by atoms with E-state index in [-0.39, 0.29) is 6.04 Å². The van der Waals surface area contributed by atoms with Crippen LogP contribution in [0.15, 0.2) is 103 Å². The maximum Gasteiger partial charge on any atom is 0.178 e. The summed E-state index contributed by atoms with van der Waals surface area (Å²) in [4.78, 5) is 2.42. The third kappa shape index (κ3) is 5.23. The highest BCUT2D eigenvalue weighted by atomic mass is 35.5. The average molecular weight is 494 g/mol. The fourth-order valence-corrected chi connectivity index (χ4v) is 4.83. The van der Waals surface area contributed by atoms with Crippen molar-refractivity contribution in [2.24, 2.45) is 0 Å². The molecule has 0 saturated heterocycles. The molecule has 1 unspecified atom stereocenters. The third-order valence-corrected chi connectivity index (χ3v) is 6.65. The minimum Gasteiger partial charge on any atom is -0.281 e. The molecule has 0 bridgehead atoms. The lowest BCUT2D eigenvalue weighted by Gasteiger charge is -2.32. The van der Waals surface area contributed by atoms with E-state index in [1.165, 1.54) is 11.1 Å². The molecule has 1 atom stereocenters. The Morgan fingerprint density at radius 2 is 1.28 bits per heavy atom. The van der Waals surface area contributed by atoms with Gasteiger partial charge in [-0.1, -0.05) is 103 Å². The van der Waals surface area contributed by atoms with Crippen LogP contribution in [-0.4, -0.2) is 25.1 Å². The van der Waals surface area contributed by atoms with Crippen molar-refractivity contribution in [1.29, 1.82) is 0 Å². The van der Waals surface area contributed by atoms with Gasteiger partial charge < -0.3 is 0 Å². The number of hydrogen-bond acceptors (Lipinski definition) is 4. The van der Waals surface area contributed by atoms with Crippen molar-refractivity contribution in [1.82, 2.24) is 25.1 Å². The molecule has 1 heterocycles. The van der Waals surface area contributed by atoms with E-state index >= 15 is 0 Å². The zero-order valence-corrected chi connectivity index (χ0v) is 21.2. The molecule has 1 aromatic heterocycles. The highest BCUT2D eigenvalue weighted by molar-refractivity contribution is 6.30. The number of rotatable bonds is 8. The van der Waals surface area contributed by atoms with Gasteiger partial charge in [0.1, 0.15) is 0 Å². The Kier molecular flexibility index (Phi) is 7.21. The lowest BCUT2D eigenvalue weighted by molar-refractivity contribution is 0.197. The molecule has 36 heavy (non-hydrogen) atoms. The first-order valence-corrected chi connectivity index (χ1v) is 12.4. The van der Waals surface area contributed by atoms with Gasteiger partial charge in [0.25, 0.3) is 0 Å². The summed E-state index contributed by atoms with van der Waals surface area (Å²) in [5.41, 5.74) is 6.77. The number of aromatic nitrogens is 4. The molecule has 0 saturated carbocycles. The third-order valence-electron chi connectivity index (χ3n) is 6.40. The second-order valence-corrected chi connectivity index (χ2v) is 9.46. The predicted molar refractivity (Wildman–Crippen MR) is 144 cm³/mol. The van der Waals surface area contributed by atoms with E-state index in [4.69, 9.17) is 11.6 Å². The lowest BCUT2D eigenvalue weighted by atomic mass is 10.0. The van der Waals surface area contributed by atoms with Gasteiger partial charge in [0.05, 0.1) is 11.7 Å². The number of benzene rings is 4. The second-order valence-electron chi connectivity index (χ2n) is 9.02. The van der Waals surface area contributed by atoms with E-state index in [1.54, 1.807) is 0 Å². The van der Waals surface area contributed by atoms with Gasteiger partial charge >= 0.3 is 0 Å². The Labute approximate surface area is 217 Å². The average Bonchev–Trinajstić information content (AvgIpc) is 3.35. The smallest absolute Gasteiger partial charge is 0.178 e. The Bertz CT molecular complexity index is 1350. The quantitative estimate of drug-likeness (QED) is 0.240. The number of para-hydroxylation sites is 1. The molecule has 0 aliphatic rings. The van der Waals surface area contributed by atoms with E-state index < -0.39 is 0 Å². The van der Waals surface area contributed by atoms with Gasteiger partial charge in [-0.15, -0.1) is 5.10 Å². The van der Waals surface area contributed by atoms with Gasteiger partial charge in [-0.25, -0.2) is 0 Å². The zero-order valence-electron chi connectivity index (χ0n) is 20.4. The molecule has 0 fully saturated rings. The highest BCUT2D eigenvalue weighted by Gasteiger charge is 2.29. The molecule has 0 aliphatic heterocycles. The van der Waals surface area contributed by atoms with Gasteiger partial charge in [0.2, 0.25) is 0 Å². The van der Waals surface area contributed by atoms with Crippen LogP contribution in [0.4, 0.5) is 0 Å². The first-order chi connectivity index (χ1) is 17.6. The molecule has 0 radical (unpaired) electrons. The van der Waals surface area contributed by atoms with Crippen LogP contribution in [-0.2, 0) is 13.1 Å². The van der Waals surface area contributed by atoms with Crippen LogP contribution < -0.4 is 0 Å². The van der Waals surface area contributed by atoms with Crippen molar-refractivity contribution < 1.29 is 0 Å². The number of halogens is 1. The van der Waals surface area contributed by atoms with Crippen LogP contribution in [0.3, 0.4) is 0 Å². The van der Waals surface area contributed by atoms with E-state index in [9.17, 15) is 0 Å². The molecule has 0 N–H and O–H groups in total. The van der Waals surface area contributed by atoms with E-state index in [1.807, 2.05) is 28.9 Å². The fourth-order valence-electron chi connectivity index (χ4n) is 4.71. The molecule has 0 amide bonds. The van der Waals surface area contributed by atoms with Crippen LogP contribution >= 0.6 is 11.6 Å². The summed E-state index contributed by atoms with van der Waals surface area (Å²) in [5, 5.41) is 13.9. The molecule has 180 valence electrons. The molecule has 5 rings (SSSR count). The van der Waals surface area contributed by atoms with Crippen LogP contribution in [0.25, 0.3) is 5.69 Å². The van der Waals surface area contributed by atoms with Gasteiger partial charge in [-0.05, 0) is 64.2 Å². The number of nitrogens with zero attached hydrogens (tertiary/aromatic N) is 5. The summed E-state index contributed by atoms with van der Waals surface area (Å²) in [7, 11) is 0. The predicted octanol–water partition coefficient (Wildman–Crippen LogP) is 6.72. The normalized spacial score (nSPS) is 12.1. The standard InChI is InChI=1S/C30H28ClN5/c1-22-10-9-11-23(2)28(22)36-30(32-33-34-36)29(26-16-18-27(31)19-17-26)35(20-24-12-5-3-6-13-24)21-25-14-7-4-8-15-25/h3-19,29H,20-21H2,1-2H3. The van der Waals surface area contributed by atoms with Crippen molar-refractivity contribution in [3.63, 3.8) is 0 Å². The summed E-state index contributed by atoms with van der Waals surface area (Å²) in [5.74, 6) is 0.765. The van der Waals surface area contributed by atoms with Crippen molar-refractivity contribution >= 4 is 11.6 Å². The number of hydrogen-bond donors (Lipinski definition) is 0. The van der Waals surface area contributed by atoms with Crippen LogP contribution in [0.2, 0.25) is 5.02 Å². The number of aryl methyl sites for hydroxylation is 2. The van der Waals surface area contributed by atoms with E-state index in [0.717, 1.165) is 41.3 Å². The van der Waals surface area contributed by atoms with Gasteiger partial charge in [-0.2, -0.15) is 4.68 Å². The van der Waals surface area contributed by atoms with E-state index in [0.29, 0.717) is 5.02 Å². The first kappa shape index (κ1) is 23.9. The maximum absolute atomic E-state index is 6.29. The highest BCUT2D eigenvalue weighted by Crippen LogP contribution is 2.33.